The highest BCUT2D eigenvalue weighted by molar-refractivity contribution is 7.13. The molecule has 19 heavy (non-hydrogen) atoms. The van der Waals surface area contributed by atoms with Crippen molar-refractivity contribution in [3.05, 3.63) is 29.3 Å². The van der Waals surface area contributed by atoms with E-state index in [4.69, 9.17) is 11.5 Å². The Morgan fingerprint density at radius 3 is 2.95 bits per heavy atom. The van der Waals surface area contributed by atoms with Crippen LogP contribution < -0.4 is 16.8 Å². The molecule has 8 heteroatoms. The molecule has 0 radical (unpaired) electrons. The average molecular weight is 276 g/mol. The monoisotopic (exact) mass is 276 g/mol. The Bertz CT molecular complexity index is 605. The number of carbonyl (C=O) groups excluding carboxylic acids is 1. The molecule has 0 aliphatic carbocycles. The lowest BCUT2D eigenvalue weighted by Crippen LogP contribution is -2.21. The predicted molar refractivity (Wildman–Crippen MR) is 73.7 cm³/mol. The van der Waals surface area contributed by atoms with Gasteiger partial charge in [-0.25, -0.2) is 9.97 Å². The predicted octanol–water partition coefficient (Wildman–Crippen LogP) is 0.356. The van der Waals surface area contributed by atoms with E-state index in [1.807, 2.05) is 23.6 Å². The maximum Gasteiger partial charge on any atom is 0.212 e. The Morgan fingerprint density at radius 1 is 1.37 bits per heavy atom. The van der Waals surface area contributed by atoms with Crippen molar-refractivity contribution in [1.29, 1.82) is 0 Å². The lowest BCUT2D eigenvalue weighted by atomic mass is 10.2. The molecule has 1 amide bonds. The van der Waals surface area contributed by atoms with Gasteiger partial charge in [-0.15, -0.1) is 11.3 Å². The zero-order valence-electron chi connectivity index (χ0n) is 9.91. The minimum atomic E-state index is -0.0298. The van der Waals surface area contributed by atoms with E-state index in [1.54, 1.807) is 0 Å². The third-order valence-corrected chi connectivity index (χ3v) is 2.89. The van der Waals surface area contributed by atoms with Gasteiger partial charge in [0.15, 0.2) is 5.96 Å². The summed E-state index contributed by atoms with van der Waals surface area (Å²) in [5.74, 6) is -0.0298. The summed E-state index contributed by atoms with van der Waals surface area (Å²) in [6, 6.07) is 5.51. The number of thiazole rings is 1. The zero-order valence-corrected chi connectivity index (χ0v) is 10.7. The van der Waals surface area contributed by atoms with Crippen molar-refractivity contribution in [2.45, 2.75) is 6.54 Å². The SMILES string of the molecule is NC(N)=Nc1nc(-c2cccc(CNC=O)n2)cs1. The van der Waals surface area contributed by atoms with Gasteiger partial charge in [0.2, 0.25) is 11.5 Å². The van der Waals surface area contributed by atoms with E-state index in [0.717, 1.165) is 5.69 Å². The first-order valence-corrected chi connectivity index (χ1v) is 6.25. The summed E-state index contributed by atoms with van der Waals surface area (Å²) in [5, 5.41) is 4.86. The molecule has 0 bridgehead atoms. The van der Waals surface area contributed by atoms with Gasteiger partial charge in [0, 0.05) is 5.38 Å². The molecule has 2 aromatic heterocycles. The van der Waals surface area contributed by atoms with Crippen LogP contribution in [-0.2, 0) is 11.3 Å². The quantitative estimate of drug-likeness (QED) is 0.413. The van der Waals surface area contributed by atoms with Crippen LogP contribution in [0.2, 0.25) is 0 Å². The molecule has 7 nitrogen and oxygen atoms in total. The zero-order chi connectivity index (χ0) is 13.7. The first-order chi connectivity index (χ1) is 9.19. The fraction of sp³-hybridized carbons (Fsp3) is 0.0909. The van der Waals surface area contributed by atoms with Gasteiger partial charge in [-0.3, -0.25) is 4.79 Å². The maximum absolute atomic E-state index is 10.3. The minimum Gasteiger partial charge on any atom is -0.370 e. The summed E-state index contributed by atoms with van der Waals surface area (Å²) >= 11 is 1.33. The third-order valence-electron chi connectivity index (χ3n) is 2.15. The lowest BCUT2D eigenvalue weighted by Gasteiger charge is -2.01. The second kappa shape index (κ2) is 5.91. The van der Waals surface area contributed by atoms with E-state index in [9.17, 15) is 4.79 Å². The Balaban J connectivity index is 2.23. The standard InChI is InChI=1S/C11H12N6OS/c12-10(13)17-11-16-9(5-19-11)8-3-1-2-7(15-8)4-14-6-18/h1-3,5-6H,4H2,(H,14,18)(H4,12,13,16,17). The van der Waals surface area contributed by atoms with E-state index in [1.165, 1.54) is 11.3 Å². The second-order valence-corrected chi connectivity index (χ2v) is 4.40. The number of guanidine groups is 1. The van der Waals surface area contributed by atoms with Crippen LogP contribution in [0.5, 0.6) is 0 Å². The molecule has 2 aromatic rings. The topological polar surface area (TPSA) is 119 Å². The van der Waals surface area contributed by atoms with Crippen LogP contribution in [0.15, 0.2) is 28.6 Å². The largest absolute Gasteiger partial charge is 0.370 e. The minimum absolute atomic E-state index is 0.0298. The van der Waals surface area contributed by atoms with E-state index >= 15 is 0 Å². The van der Waals surface area contributed by atoms with Gasteiger partial charge in [-0.2, -0.15) is 4.99 Å². The van der Waals surface area contributed by atoms with E-state index in [-0.39, 0.29) is 5.96 Å². The molecule has 0 saturated carbocycles. The summed E-state index contributed by atoms with van der Waals surface area (Å²) < 4.78 is 0. The van der Waals surface area contributed by atoms with Crippen molar-refractivity contribution in [2.24, 2.45) is 16.5 Å². The molecule has 0 spiro atoms. The summed E-state index contributed by atoms with van der Waals surface area (Å²) in [7, 11) is 0. The molecule has 5 N–H and O–H groups in total. The Kier molecular flexibility index (Phi) is 4.04. The Morgan fingerprint density at radius 2 is 2.21 bits per heavy atom. The summed E-state index contributed by atoms with van der Waals surface area (Å²) in [4.78, 5) is 22.8. The van der Waals surface area contributed by atoms with Crippen molar-refractivity contribution in [2.75, 3.05) is 0 Å². The Hall–Kier alpha value is -2.48. The van der Waals surface area contributed by atoms with Gasteiger partial charge < -0.3 is 16.8 Å². The van der Waals surface area contributed by atoms with Crippen molar-refractivity contribution in [3.63, 3.8) is 0 Å². The Labute approximate surface area is 113 Å². The van der Waals surface area contributed by atoms with Crippen molar-refractivity contribution in [1.82, 2.24) is 15.3 Å². The fourth-order valence-corrected chi connectivity index (χ4v) is 2.11. The van der Waals surface area contributed by atoms with E-state index < -0.39 is 0 Å². The summed E-state index contributed by atoms with van der Waals surface area (Å²) in [6.45, 7) is 0.377. The number of hydrogen-bond acceptors (Lipinski definition) is 5. The number of nitrogens with one attached hydrogen (secondary N) is 1. The van der Waals surface area contributed by atoms with Gasteiger partial charge in [-0.05, 0) is 12.1 Å². The number of hydrogen-bond donors (Lipinski definition) is 3. The number of pyridine rings is 1. The highest BCUT2D eigenvalue weighted by Gasteiger charge is 2.06. The summed E-state index contributed by atoms with van der Waals surface area (Å²) in [5.41, 5.74) is 12.7. The first-order valence-electron chi connectivity index (χ1n) is 5.37. The number of amides is 1. The molecule has 0 aromatic carbocycles. The van der Waals surface area contributed by atoms with E-state index in [0.29, 0.717) is 29.5 Å². The van der Waals surface area contributed by atoms with Gasteiger partial charge >= 0.3 is 0 Å². The van der Waals surface area contributed by atoms with Crippen LogP contribution in [0.25, 0.3) is 11.4 Å². The molecule has 98 valence electrons. The maximum atomic E-state index is 10.3. The fourth-order valence-electron chi connectivity index (χ4n) is 1.41. The number of nitrogens with zero attached hydrogens (tertiary/aromatic N) is 3. The molecule has 0 atom stereocenters. The van der Waals surface area contributed by atoms with Crippen molar-refractivity contribution in [3.8, 4) is 11.4 Å². The molecule has 0 saturated heterocycles. The number of aromatic nitrogens is 2. The lowest BCUT2D eigenvalue weighted by molar-refractivity contribution is -0.109. The van der Waals surface area contributed by atoms with Crippen LogP contribution in [0, 0.1) is 0 Å². The van der Waals surface area contributed by atoms with Crippen LogP contribution in [0.4, 0.5) is 5.13 Å². The van der Waals surface area contributed by atoms with Gasteiger partial charge in [0.25, 0.3) is 0 Å². The number of carbonyl (C=O) groups is 1. The first kappa shape index (κ1) is 13.0. The molecule has 2 heterocycles. The number of aliphatic imine (C=N–C) groups is 1. The highest BCUT2D eigenvalue weighted by atomic mass is 32.1. The third kappa shape index (κ3) is 3.49. The average Bonchev–Trinajstić information content (AvgIpc) is 2.84. The summed E-state index contributed by atoms with van der Waals surface area (Å²) in [6.07, 6.45) is 0.633. The van der Waals surface area contributed by atoms with Crippen LogP contribution in [-0.4, -0.2) is 22.3 Å². The highest BCUT2D eigenvalue weighted by Crippen LogP contribution is 2.25. The van der Waals surface area contributed by atoms with Gasteiger partial charge in [0.05, 0.1) is 17.9 Å². The van der Waals surface area contributed by atoms with Gasteiger partial charge in [0.1, 0.15) is 5.69 Å². The normalized spacial score (nSPS) is 9.89. The number of nitrogens with two attached hydrogens (primary N) is 2. The molecule has 2 rings (SSSR count). The van der Waals surface area contributed by atoms with Crippen LogP contribution >= 0.6 is 11.3 Å². The molecule has 0 unspecified atom stereocenters. The van der Waals surface area contributed by atoms with Crippen molar-refractivity contribution < 1.29 is 4.79 Å². The molecule has 0 aliphatic rings. The molecule has 0 fully saturated rings. The molecular formula is C11H12N6OS. The van der Waals surface area contributed by atoms with Gasteiger partial charge in [-0.1, -0.05) is 6.07 Å². The van der Waals surface area contributed by atoms with Crippen LogP contribution in [0.3, 0.4) is 0 Å². The smallest absolute Gasteiger partial charge is 0.212 e. The molecular weight excluding hydrogens is 264 g/mol. The molecule has 0 aliphatic heterocycles. The van der Waals surface area contributed by atoms with E-state index in [2.05, 4.69) is 20.3 Å². The van der Waals surface area contributed by atoms with Crippen molar-refractivity contribution >= 4 is 28.8 Å². The number of rotatable bonds is 5. The second-order valence-electron chi connectivity index (χ2n) is 3.56. The van der Waals surface area contributed by atoms with Crippen LogP contribution in [0.1, 0.15) is 5.69 Å².